The molecule has 2 amide bonds. The summed E-state index contributed by atoms with van der Waals surface area (Å²) in [6, 6.07) is 5.48. The maximum atomic E-state index is 12.4. The molecule has 0 aliphatic carbocycles. The van der Waals surface area contributed by atoms with Crippen LogP contribution < -0.4 is 10.2 Å². The molecule has 0 spiro atoms. The third kappa shape index (κ3) is 3.99. The lowest BCUT2D eigenvalue weighted by Crippen LogP contribution is -2.28. The van der Waals surface area contributed by atoms with Crippen molar-refractivity contribution in [2.75, 3.05) is 16.8 Å². The lowest BCUT2D eigenvalue weighted by molar-refractivity contribution is -0.122. The molecule has 1 saturated heterocycles. The minimum atomic E-state index is -0.411. The van der Waals surface area contributed by atoms with Gasteiger partial charge in [0.25, 0.3) is 0 Å². The summed E-state index contributed by atoms with van der Waals surface area (Å²) >= 11 is 7.52. The van der Waals surface area contributed by atoms with Crippen molar-refractivity contribution in [3.05, 3.63) is 33.8 Å². The number of carbonyl (C=O) groups excluding carboxylic acids is 2. The number of aromatic nitrogens is 2. The Kier molecular flexibility index (Phi) is 5.34. The number of nitrogens with zero attached hydrogens (tertiary/aromatic N) is 3. The second kappa shape index (κ2) is 7.49. The van der Waals surface area contributed by atoms with E-state index in [-0.39, 0.29) is 18.2 Å². The standard InChI is InChI=1S/C17H19ClN4O2S/c1-3-4-14-20-21-17(25-14)19-16(24)11-7-15(23)22(9-11)12-6-5-10(2)13(18)8-12/h5-6,8,11H,3-4,7,9H2,1-2H3,(H,19,21,24). The van der Waals surface area contributed by atoms with Gasteiger partial charge in [-0.05, 0) is 31.0 Å². The highest BCUT2D eigenvalue weighted by molar-refractivity contribution is 7.15. The molecule has 1 N–H and O–H groups in total. The number of amides is 2. The Hall–Kier alpha value is -1.99. The van der Waals surface area contributed by atoms with E-state index < -0.39 is 5.92 Å². The zero-order valence-corrected chi connectivity index (χ0v) is 15.7. The van der Waals surface area contributed by atoms with E-state index in [0.717, 1.165) is 29.1 Å². The van der Waals surface area contributed by atoms with Crippen molar-refractivity contribution in [2.24, 2.45) is 5.92 Å². The third-order valence-electron chi connectivity index (χ3n) is 4.12. The van der Waals surface area contributed by atoms with Gasteiger partial charge in [0.2, 0.25) is 16.9 Å². The van der Waals surface area contributed by atoms with Gasteiger partial charge in [-0.3, -0.25) is 9.59 Å². The first-order chi connectivity index (χ1) is 12.0. The predicted molar refractivity (Wildman–Crippen MR) is 99.2 cm³/mol. The fraction of sp³-hybridized carbons (Fsp3) is 0.412. The van der Waals surface area contributed by atoms with Gasteiger partial charge >= 0.3 is 0 Å². The number of carbonyl (C=O) groups is 2. The average molecular weight is 379 g/mol. The van der Waals surface area contributed by atoms with E-state index in [0.29, 0.717) is 16.7 Å². The summed E-state index contributed by atoms with van der Waals surface area (Å²) in [5.74, 6) is -0.691. The van der Waals surface area contributed by atoms with Crippen LogP contribution in [-0.2, 0) is 16.0 Å². The van der Waals surface area contributed by atoms with Crippen LogP contribution in [0.4, 0.5) is 10.8 Å². The molecule has 1 aromatic carbocycles. The van der Waals surface area contributed by atoms with Gasteiger partial charge in [0.15, 0.2) is 0 Å². The molecule has 1 unspecified atom stereocenters. The van der Waals surface area contributed by atoms with E-state index >= 15 is 0 Å². The first kappa shape index (κ1) is 17.8. The zero-order chi connectivity index (χ0) is 18.0. The molecule has 1 aliphatic rings. The Bertz CT molecular complexity index is 808. The van der Waals surface area contributed by atoms with Crippen LogP contribution in [0.2, 0.25) is 5.02 Å². The smallest absolute Gasteiger partial charge is 0.231 e. The van der Waals surface area contributed by atoms with Crippen LogP contribution in [0, 0.1) is 12.8 Å². The number of benzene rings is 1. The molecule has 0 saturated carbocycles. The fourth-order valence-electron chi connectivity index (χ4n) is 2.71. The monoisotopic (exact) mass is 378 g/mol. The largest absolute Gasteiger partial charge is 0.312 e. The summed E-state index contributed by atoms with van der Waals surface area (Å²) in [6.07, 6.45) is 2.00. The van der Waals surface area contributed by atoms with Gasteiger partial charge < -0.3 is 10.2 Å². The molecule has 8 heteroatoms. The highest BCUT2D eigenvalue weighted by Gasteiger charge is 2.35. The van der Waals surface area contributed by atoms with Crippen LogP contribution in [0.1, 0.15) is 30.3 Å². The van der Waals surface area contributed by atoms with Crippen molar-refractivity contribution < 1.29 is 9.59 Å². The second-order valence-electron chi connectivity index (χ2n) is 6.08. The van der Waals surface area contributed by atoms with Gasteiger partial charge in [0.05, 0.1) is 5.92 Å². The number of aryl methyl sites for hydroxylation is 2. The fourth-order valence-corrected chi connectivity index (χ4v) is 3.73. The second-order valence-corrected chi connectivity index (χ2v) is 7.55. The molecule has 2 aromatic rings. The van der Waals surface area contributed by atoms with E-state index in [4.69, 9.17) is 11.6 Å². The van der Waals surface area contributed by atoms with Crippen LogP contribution >= 0.6 is 22.9 Å². The van der Waals surface area contributed by atoms with E-state index in [1.165, 1.54) is 11.3 Å². The van der Waals surface area contributed by atoms with Crippen molar-refractivity contribution in [1.82, 2.24) is 10.2 Å². The highest BCUT2D eigenvalue weighted by atomic mass is 35.5. The predicted octanol–water partition coefficient (Wildman–Crippen LogP) is 3.44. The molecular formula is C17H19ClN4O2S. The number of anilines is 2. The first-order valence-corrected chi connectivity index (χ1v) is 9.37. The Balaban J connectivity index is 1.66. The third-order valence-corrected chi connectivity index (χ3v) is 5.43. The Morgan fingerprint density at radius 3 is 2.96 bits per heavy atom. The van der Waals surface area contributed by atoms with Crippen molar-refractivity contribution in [3.8, 4) is 0 Å². The number of hydrogen-bond donors (Lipinski definition) is 1. The van der Waals surface area contributed by atoms with Crippen molar-refractivity contribution >= 4 is 45.6 Å². The molecule has 1 aliphatic heterocycles. The normalized spacial score (nSPS) is 17.2. The van der Waals surface area contributed by atoms with Crippen LogP contribution in [0.3, 0.4) is 0 Å². The zero-order valence-electron chi connectivity index (χ0n) is 14.1. The first-order valence-electron chi connectivity index (χ1n) is 8.17. The van der Waals surface area contributed by atoms with Gasteiger partial charge in [-0.1, -0.05) is 35.9 Å². The van der Waals surface area contributed by atoms with Gasteiger partial charge in [0, 0.05) is 30.1 Å². The molecule has 1 fully saturated rings. The molecule has 1 atom stereocenters. The molecule has 0 bridgehead atoms. The van der Waals surface area contributed by atoms with Crippen LogP contribution in [0.25, 0.3) is 0 Å². The van der Waals surface area contributed by atoms with Crippen LogP contribution in [-0.4, -0.2) is 28.6 Å². The maximum absolute atomic E-state index is 12.4. The highest BCUT2D eigenvalue weighted by Crippen LogP contribution is 2.29. The van der Waals surface area contributed by atoms with E-state index in [2.05, 4.69) is 22.4 Å². The molecule has 25 heavy (non-hydrogen) atoms. The molecule has 2 heterocycles. The van der Waals surface area contributed by atoms with Crippen molar-refractivity contribution in [3.63, 3.8) is 0 Å². The molecule has 3 rings (SSSR count). The van der Waals surface area contributed by atoms with Gasteiger partial charge in [-0.25, -0.2) is 0 Å². The molecule has 0 radical (unpaired) electrons. The van der Waals surface area contributed by atoms with Crippen molar-refractivity contribution in [1.29, 1.82) is 0 Å². The van der Waals surface area contributed by atoms with E-state index in [1.54, 1.807) is 11.0 Å². The topological polar surface area (TPSA) is 75.2 Å². The number of hydrogen-bond acceptors (Lipinski definition) is 5. The Morgan fingerprint density at radius 1 is 1.44 bits per heavy atom. The van der Waals surface area contributed by atoms with Crippen molar-refractivity contribution in [2.45, 2.75) is 33.1 Å². The Morgan fingerprint density at radius 2 is 2.24 bits per heavy atom. The average Bonchev–Trinajstić information content (AvgIpc) is 3.17. The van der Waals surface area contributed by atoms with Gasteiger partial charge in [-0.15, -0.1) is 10.2 Å². The summed E-state index contributed by atoms with van der Waals surface area (Å²) < 4.78 is 0. The number of rotatable bonds is 5. The summed E-state index contributed by atoms with van der Waals surface area (Å²) in [6.45, 7) is 4.31. The van der Waals surface area contributed by atoms with Gasteiger partial charge in [0.1, 0.15) is 5.01 Å². The molecule has 1 aromatic heterocycles. The Labute approximate surface area is 155 Å². The summed E-state index contributed by atoms with van der Waals surface area (Å²) in [5.41, 5.74) is 1.67. The quantitative estimate of drug-likeness (QED) is 0.864. The lowest BCUT2D eigenvalue weighted by atomic mass is 10.1. The maximum Gasteiger partial charge on any atom is 0.231 e. The summed E-state index contributed by atoms with van der Waals surface area (Å²) in [7, 11) is 0. The van der Waals surface area contributed by atoms with E-state index in [9.17, 15) is 9.59 Å². The van der Waals surface area contributed by atoms with Crippen LogP contribution in [0.5, 0.6) is 0 Å². The van der Waals surface area contributed by atoms with E-state index in [1.807, 2.05) is 19.1 Å². The lowest BCUT2D eigenvalue weighted by Gasteiger charge is -2.17. The number of halogens is 1. The molecular weight excluding hydrogens is 360 g/mol. The SMILES string of the molecule is CCCc1nnc(NC(=O)C2CC(=O)N(c3ccc(C)c(Cl)c3)C2)s1. The minimum Gasteiger partial charge on any atom is -0.312 e. The molecule has 6 nitrogen and oxygen atoms in total. The summed E-state index contributed by atoms with van der Waals surface area (Å²) in [4.78, 5) is 26.4. The molecule has 132 valence electrons. The minimum absolute atomic E-state index is 0.0796. The summed E-state index contributed by atoms with van der Waals surface area (Å²) in [5, 5.41) is 12.8. The van der Waals surface area contributed by atoms with Crippen LogP contribution in [0.15, 0.2) is 18.2 Å². The van der Waals surface area contributed by atoms with Gasteiger partial charge in [-0.2, -0.15) is 0 Å². The number of nitrogens with one attached hydrogen (secondary N) is 1.